The molecule has 2 N–H and O–H groups in total. The van der Waals surface area contributed by atoms with E-state index in [9.17, 15) is 8.78 Å². The van der Waals surface area contributed by atoms with Crippen LogP contribution in [0.25, 0.3) is 0 Å². The first-order chi connectivity index (χ1) is 8.40. The molecule has 0 amide bonds. The molecule has 0 heterocycles. The minimum absolute atomic E-state index is 0.0186. The van der Waals surface area contributed by atoms with Gasteiger partial charge in [-0.2, -0.15) is 0 Å². The van der Waals surface area contributed by atoms with E-state index in [2.05, 4.69) is 0 Å². The van der Waals surface area contributed by atoms with Gasteiger partial charge >= 0.3 is 0 Å². The molecule has 0 radical (unpaired) electrons. The third-order valence-electron chi connectivity index (χ3n) is 4.00. The number of halogens is 2. The summed E-state index contributed by atoms with van der Waals surface area (Å²) in [5, 5.41) is 0. The van der Waals surface area contributed by atoms with Crippen molar-refractivity contribution in [3.63, 3.8) is 0 Å². The molecule has 18 heavy (non-hydrogen) atoms. The Morgan fingerprint density at radius 3 is 1.94 bits per heavy atom. The number of benzene rings is 1. The number of nitrogens with two attached hydrogens (primary N) is 1. The van der Waals surface area contributed by atoms with Crippen molar-refractivity contribution < 1.29 is 8.78 Å². The van der Waals surface area contributed by atoms with Crippen molar-refractivity contribution in [1.82, 2.24) is 4.90 Å². The average molecular weight is 256 g/mol. The highest BCUT2D eigenvalue weighted by molar-refractivity contribution is 5.26. The molecule has 1 rings (SSSR count). The van der Waals surface area contributed by atoms with Gasteiger partial charge in [-0.25, -0.2) is 8.78 Å². The number of rotatable bonds is 5. The lowest BCUT2D eigenvalue weighted by molar-refractivity contribution is 0.102. The topological polar surface area (TPSA) is 29.3 Å². The number of hydrogen-bond donors (Lipinski definition) is 1. The van der Waals surface area contributed by atoms with Crippen molar-refractivity contribution in [3.8, 4) is 0 Å². The van der Waals surface area contributed by atoms with Gasteiger partial charge in [0, 0.05) is 11.1 Å². The van der Waals surface area contributed by atoms with E-state index in [-0.39, 0.29) is 5.56 Å². The van der Waals surface area contributed by atoms with Crippen LogP contribution < -0.4 is 5.73 Å². The minimum Gasteiger partial charge on any atom is -0.322 e. The maximum atomic E-state index is 13.8. The van der Waals surface area contributed by atoms with Gasteiger partial charge in [0.05, 0.1) is 6.04 Å². The van der Waals surface area contributed by atoms with Crippen molar-refractivity contribution in [2.24, 2.45) is 5.73 Å². The second-order valence-corrected chi connectivity index (χ2v) is 4.82. The SMILES string of the molecule is CCC(CC)(C(N)c1c(F)cccc1F)N(C)C. The zero-order valence-electron chi connectivity index (χ0n) is 11.5. The number of nitrogens with zero attached hydrogens (tertiary/aromatic N) is 1. The fraction of sp³-hybridized carbons (Fsp3) is 0.571. The second-order valence-electron chi connectivity index (χ2n) is 4.82. The van der Waals surface area contributed by atoms with E-state index >= 15 is 0 Å². The molecule has 0 bridgehead atoms. The van der Waals surface area contributed by atoms with E-state index in [1.54, 1.807) is 0 Å². The standard InChI is InChI=1S/C14H22F2N2/c1-5-14(6-2,18(3)4)13(17)12-10(15)8-7-9-11(12)16/h7-9,13H,5-6,17H2,1-4H3. The van der Waals surface area contributed by atoms with Gasteiger partial charge in [-0.15, -0.1) is 0 Å². The fourth-order valence-corrected chi connectivity index (χ4v) is 2.68. The Labute approximate surface area is 108 Å². The molecule has 1 unspecified atom stereocenters. The van der Waals surface area contributed by atoms with Crippen LogP contribution in [0.1, 0.15) is 38.3 Å². The zero-order chi connectivity index (χ0) is 13.9. The van der Waals surface area contributed by atoms with E-state index in [0.717, 1.165) is 12.8 Å². The fourth-order valence-electron chi connectivity index (χ4n) is 2.68. The molecule has 0 saturated heterocycles. The summed E-state index contributed by atoms with van der Waals surface area (Å²) in [7, 11) is 3.79. The van der Waals surface area contributed by atoms with Crippen LogP contribution in [0.15, 0.2) is 18.2 Å². The van der Waals surface area contributed by atoms with Crippen LogP contribution in [0.5, 0.6) is 0 Å². The predicted octanol–water partition coefficient (Wildman–Crippen LogP) is 3.09. The Bertz CT molecular complexity index is 381. The summed E-state index contributed by atoms with van der Waals surface area (Å²) >= 11 is 0. The molecule has 0 aromatic heterocycles. The van der Waals surface area contributed by atoms with Crippen LogP contribution in [0.2, 0.25) is 0 Å². The molecule has 1 atom stereocenters. The first kappa shape index (κ1) is 15.1. The molecule has 0 spiro atoms. The summed E-state index contributed by atoms with van der Waals surface area (Å²) in [5.74, 6) is -1.15. The highest BCUT2D eigenvalue weighted by Crippen LogP contribution is 2.36. The molecule has 0 aliphatic rings. The maximum Gasteiger partial charge on any atom is 0.130 e. The smallest absolute Gasteiger partial charge is 0.130 e. The lowest BCUT2D eigenvalue weighted by atomic mass is 9.80. The van der Waals surface area contributed by atoms with Crippen LogP contribution in [-0.4, -0.2) is 24.5 Å². The number of likely N-dealkylation sites (N-methyl/N-ethyl adjacent to an activating group) is 1. The van der Waals surface area contributed by atoms with Gasteiger partial charge in [0.1, 0.15) is 11.6 Å². The van der Waals surface area contributed by atoms with E-state index in [1.165, 1.54) is 18.2 Å². The van der Waals surface area contributed by atoms with Gasteiger partial charge in [0.15, 0.2) is 0 Å². The van der Waals surface area contributed by atoms with Crippen molar-refractivity contribution >= 4 is 0 Å². The second kappa shape index (κ2) is 5.76. The van der Waals surface area contributed by atoms with E-state index in [1.807, 2.05) is 32.8 Å². The molecular formula is C14H22F2N2. The normalized spacial score (nSPS) is 14.0. The molecule has 1 aromatic rings. The van der Waals surface area contributed by atoms with Gasteiger partial charge in [-0.3, -0.25) is 0 Å². The predicted molar refractivity (Wildman–Crippen MR) is 70.3 cm³/mol. The summed E-state index contributed by atoms with van der Waals surface area (Å²) in [6.45, 7) is 3.98. The Morgan fingerprint density at radius 1 is 1.17 bits per heavy atom. The zero-order valence-corrected chi connectivity index (χ0v) is 11.5. The monoisotopic (exact) mass is 256 g/mol. The summed E-state index contributed by atoms with van der Waals surface area (Å²) < 4.78 is 27.7. The van der Waals surface area contributed by atoms with Crippen molar-refractivity contribution in [2.75, 3.05) is 14.1 Å². The van der Waals surface area contributed by atoms with Crippen LogP contribution in [0.3, 0.4) is 0 Å². The Hall–Kier alpha value is -1.00. The summed E-state index contributed by atoms with van der Waals surface area (Å²) in [6.07, 6.45) is 1.46. The molecule has 102 valence electrons. The number of hydrogen-bond acceptors (Lipinski definition) is 2. The van der Waals surface area contributed by atoms with Crippen molar-refractivity contribution in [2.45, 2.75) is 38.3 Å². The minimum atomic E-state index is -0.691. The molecule has 0 saturated carbocycles. The van der Waals surface area contributed by atoms with Gasteiger partial charge in [-0.05, 0) is 39.1 Å². The van der Waals surface area contributed by atoms with Gasteiger partial charge in [0.25, 0.3) is 0 Å². The molecule has 0 fully saturated rings. The molecule has 1 aromatic carbocycles. The van der Waals surface area contributed by atoms with E-state index in [4.69, 9.17) is 5.73 Å². The van der Waals surface area contributed by atoms with Crippen LogP contribution >= 0.6 is 0 Å². The highest BCUT2D eigenvalue weighted by atomic mass is 19.1. The third-order valence-corrected chi connectivity index (χ3v) is 4.00. The first-order valence-electron chi connectivity index (χ1n) is 6.27. The Morgan fingerprint density at radius 2 is 1.61 bits per heavy atom. The maximum absolute atomic E-state index is 13.8. The van der Waals surface area contributed by atoms with Crippen LogP contribution in [0.4, 0.5) is 8.78 Å². The molecular weight excluding hydrogens is 234 g/mol. The Balaban J connectivity index is 3.30. The van der Waals surface area contributed by atoms with Crippen molar-refractivity contribution in [3.05, 3.63) is 35.4 Å². The van der Waals surface area contributed by atoms with Crippen LogP contribution in [0, 0.1) is 11.6 Å². The molecule has 4 heteroatoms. The quantitative estimate of drug-likeness (QED) is 0.877. The summed E-state index contributed by atoms with van der Waals surface area (Å²) in [4.78, 5) is 1.96. The molecule has 0 aliphatic heterocycles. The van der Waals surface area contributed by atoms with E-state index < -0.39 is 23.2 Å². The highest BCUT2D eigenvalue weighted by Gasteiger charge is 2.38. The van der Waals surface area contributed by atoms with Crippen LogP contribution in [-0.2, 0) is 0 Å². The average Bonchev–Trinajstić information content (AvgIpc) is 2.30. The van der Waals surface area contributed by atoms with Gasteiger partial charge < -0.3 is 10.6 Å². The summed E-state index contributed by atoms with van der Waals surface area (Å²) in [6, 6.07) is 3.17. The van der Waals surface area contributed by atoms with Gasteiger partial charge in [0.2, 0.25) is 0 Å². The first-order valence-corrected chi connectivity index (χ1v) is 6.27. The van der Waals surface area contributed by atoms with E-state index in [0.29, 0.717) is 0 Å². The molecule has 0 aliphatic carbocycles. The van der Waals surface area contributed by atoms with Gasteiger partial charge in [-0.1, -0.05) is 19.9 Å². The lowest BCUT2D eigenvalue weighted by Crippen LogP contribution is -2.52. The largest absolute Gasteiger partial charge is 0.322 e. The lowest BCUT2D eigenvalue weighted by Gasteiger charge is -2.43. The van der Waals surface area contributed by atoms with Crippen molar-refractivity contribution in [1.29, 1.82) is 0 Å². The molecule has 2 nitrogen and oxygen atoms in total. The third kappa shape index (κ3) is 2.40. The summed E-state index contributed by atoms with van der Waals surface area (Å²) in [5.41, 5.74) is 5.72. The Kier molecular flexibility index (Phi) is 4.82.